The number of terminal acetylenes is 1. The van der Waals surface area contributed by atoms with Crippen molar-refractivity contribution in [1.82, 2.24) is 15.2 Å². The number of nitrogens with zero attached hydrogens (tertiary/aromatic N) is 2. The lowest BCUT2D eigenvalue weighted by atomic mass is 9.95. The predicted octanol–water partition coefficient (Wildman–Crippen LogP) is 3.88. The summed E-state index contributed by atoms with van der Waals surface area (Å²) in [5, 5.41) is 4.52. The van der Waals surface area contributed by atoms with E-state index in [1.807, 2.05) is 35.2 Å². The summed E-state index contributed by atoms with van der Waals surface area (Å²) in [5.74, 6) is 0.495. The number of fused-ring (bicyclic) bond motifs is 1. The molecule has 4 rings (SSSR count). The number of pyridine rings is 1. The zero-order valence-electron chi connectivity index (χ0n) is 16.9. The number of guanidine groups is 1. The van der Waals surface area contributed by atoms with Crippen molar-refractivity contribution in [2.45, 2.75) is 19.9 Å². The largest absolute Gasteiger partial charge is 0.354 e. The average Bonchev–Trinajstić information content (AvgIpc) is 3.17. The maximum Gasteiger partial charge on any atom is 0.253 e. The molecule has 0 aliphatic carbocycles. The third-order valence-corrected chi connectivity index (χ3v) is 5.44. The zero-order valence-corrected chi connectivity index (χ0v) is 16.9. The van der Waals surface area contributed by atoms with Gasteiger partial charge in [0.25, 0.3) is 5.56 Å². The fraction of sp³-hybridized carbons (Fsp3) is 0.250. The molecular formula is C24H23FN4O. The van der Waals surface area contributed by atoms with Crippen LogP contribution in [0.4, 0.5) is 4.39 Å². The van der Waals surface area contributed by atoms with E-state index in [0.717, 1.165) is 17.5 Å². The summed E-state index contributed by atoms with van der Waals surface area (Å²) in [7, 11) is 0. The SMILES string of the molecule is C#C/N=C1\NCCN1C(c1ccc(-c2ccc3cccc(F)c3c2)[nH]c1=O)C(C)C. The van der Waals surface area contributed by atoms with E-state index in [1.54, 1.807) is 12.1 Å². The number of rotatable bonds is 4. The molecular weight excluding hydrogens is 379 g/mol. The molecule has 1 aliphatic rings. The summed E-state index contributed by atoms with van der Waals surface area (Å²) in [4.78, 5) is 22.2. The Morgan fingerprint density at radius 1 is 1.20 bits per heavy atom. The van der Waals surface area contributed by atoms with Gasteiger partial charge in [0.15, 0.2) is 0 Å². The molecule has 0 radical (unpaired) electrons. The van der Waals surface area contributed by atoms with Crippen molar-refractivity contribution in [2.24, 2.45) is 10.9 Å². The molecule has 1 saturated heterocycles. The van der Waals surface area contributed by atoms with Crippen LogP contribution < -0.4 is 10.9 Å². The molecule has 2 aromatic carbocycles. The average molecular weight is 402 g/mol. The Balaban J connectivity index is 1.74. The van der Waals surface area contributed by atoms with Gasteiger partial charge in [-0.05, 0) is 41.1 Å². The number of H-pyrrole nitrogens is 1. The quantitative estimate of drug-likeness (QED) is 0.651. The molecule has 1 unspecified atom stereocenters. The summed E-state index contributed by atoms with van der Waals surface area (Å²) < 4.78 is 14.2. The smallest absolute Gasteiger partial charge is 0.253 e. The maximum atomic E-state index is 14.2. The standard InChI is InChI=1S/C24H23FN4O/c1-4-26-24-27-12-13-29(24)22(15(2)3)18-10-11-21(28-23(18)30)17-9-8-16-6-5-7-20(25)19(16)14-17/h1,5-11,14-15,22H,12-13H2,2-3H3,(H,26,27)(H,28,30). The first-order valence-corrected chi connectivity index (χ1v) is 9.95. The summed E-state index contributed by atoms with van der Waals surface area (Å²) in [6.45, 7) is 5.57. The fourth-order valence-electron chi connectivity index (χ4n) is 4.11. The minimum atomic E-state index is -0.282. The Labute approximate surface area is 174 Å². The Bertz CT molecular complexity index is 1220. The van der Waals surface area contributed by atoms with E-state index < -0.39 is 0 Å². The van der Waals surface area contributed by atoms with Gasteiger partial charge < -0.3 is 15.2 Å². The predicted molar refractivity (Wildman–Crippen MR) is 119 cm³/mol. The third kappa shape index (κ3) is 3.55. The Kier molecular flexibility index (Phi) is 5.28. The van der Waals surface area contributed by atoms with Crippen LogP contribution in [0.25, 0.3) is 22.0 Å². The molecule has 1 aromatic heterocycles. The van der Waals surface area contributed by atoms with E-state index in [9.17, 15) is 9.18 Å². The van der Waals surface area contributed by atoms with Gasteiger partial charge in [-0.3, -0.25) is 4.79 Å². The highest BCUT2D eigenvalue weighted by Gasteiger charge is 2.31. The van der Waals surface area contributed by atoms with Gasteiger partial charge in [0.05, 0.1) is 6.04 Å². The maximum absolute atomic E-state index is 14.2. The molecule has 2 N–H and O–H groups in total. The van der Waals surface area contributed by atoms with E-state index in [4.69, 9.17) is 6.42 Å². The van der Waals surface area contributed by atoms with Crippen LogP contribution in [0, 0.1) is 24.2 Å². The van der Waals surface area contributed by atoms with E-state index >= 15 is 0 Å². The van der Waals surface area contributed by atoms with E-state index in [0.29, 0.717) is 29.1 Å². The Hall–Kier alpha value is -3.59. The highest BCUT2D eigenvalue weighted by Crippen LogP contribution is 2.29. The molecule has 1 aliphatic heterocycles. The van der Waals surface area contributed by atoms with Crippen molar-refractivity contribution in [3.63, 3.8) is 0 Å². The lowest BCUT2D eigenvalue weighted by Crippen LogP contribution is -2.38. The summed E-state index contributed by atoms with van der Waals surface area (Å²) in [6.07, 6.45) is 5.35. The molecule has 5 nitrogen and oxygen atoms in total. The summed E-state index contributed by atoms with van der Waals surface area (Å²) in [5.41, 5.74) is 1.88. The summed E-state index contributed by atoms with van der Waals surface area (Å²) in [6, 6.07) is 16.3. The number of nitrogens with one attached hydrogen (secondary N) is 2. The van der Waals surface area contributed by atoms with Gasteiger partial charge in [0, 0.05) is 35.8 Å². The van der Waals surface area contributed by atoms with Crippen LogP contribution in [0.5, 0.6) is 0 Å². The Morgan fingerprint density at radius 2 is 2.03 bits per heavy atom. The monoisotopic (exact) mass is 402 g/mol. The molecule has 0 spiro atoms. The number of halogens is 1. The van der Waals surface area contributed by atoms with Crippen molar-refractivity contribution >= 4 is 16.7 Å². The van der Waals surface area contributed by atoms with E-state index in [-0.39, 0.29) is 23.3 Å². The molecule has 152 valence electrons. The minimum Gasteiger partial charge on any atom is -0.354 e. The second kappa shape index (κ2) is 8.03. The van der Waals surface area contributed by atoms with Crippen LogP contribution in [0.2, 0.25) is 0 Å². The van der Waals surface area contributed by atoms with Gasteiger partial charge in [-0.15, -0.1) is 0 Å². The Morgan fingerprint density at radius 3 is 2.77 bits per heavy atom. The second-order valence-corrected chi connectivity index (χ2v) is 7.71. The first-order chi connectivity index (χ1) is 14.5. The van der Waals surface area contributed by atoms with Crippen molar-refractivity contribution in [1.29, 1.82) is 0 Å². The van der Waals surface area contributed by atoms with Crippen LogP contribution >= 0.6 is 0 Å². The van der Waals surface area contributed by atoms with Crippen molar-refractivity contribution in [2.75, 3.05) is 13.1 Å². The summed E-state index contributed by atoms with van der Waals surface area (Å²) >= 11 is 0. The molecule has 30 heavy (non-hydrogen) atoms. The van der Waals surface area contributed by atoms with Crippen molar-refractivity contribution < 1.29 is 4.39 Å². The van der Waals surface area contributed by atoms with E-state index in [2.05, 4.69) is 35.2 Å². The van der Waals surface area contributed by atoms with Gasteiger partial charge >= 0.3 is 0 Å². The van der Waals surface area contributed by atoms with Crippen LogP contribution in [0.3, 0.4) is 0 Å². The highest BCUT2D eigenvalue weighted by atomic mass is 19.1. The normalized spacial score (nSPS) is 16.1. The van der Waals surface area contributed by atoms with Crippen molar-refractivity contribution in [3.05, 3.63) is 70.3 Å². The van der Waals surface area contributed by atoms with Crippen molar-refractivity contribution in [3.8, 4) is 23.7 Å². The van der Waals surface area contributed by atoms with Gasteiger partial charge in [-0.25, -0.2) is 4.39 Å². The van der Waals surface area contributed by atoms with Crippen LogP contribution in [0.1, 0.15) is 25.5 Å². The fourth-order valence-corrected chi connectivity index (χ4v) is 4.11. The molecule has 0 bridgehead atoms. The van der Waals surface area contributed by atoms with Crippen LogP contribution in [-0.2, 0) is 0 Å². The molecule has 0 amide bonds. The van der Waals surface area contributed by atoms with E-state index in [1.165, 1.54) is 6.07 Å². The van der Waals surface area contributed by atoms with Crippen LogP contribution in [-0.4, -0.2) is 28.9 Å². The number of aromatic amines is 1. The zero-order chi connectivity index (χ0) is 21.3. The minimum absolute atomic E-state index is 0.162. The first-order valence-electron chi connectivity index (χ1n) is 9.95. The van der Waals surface area contributed by atoms with Gasteiger partial charge in [0.2, 0.25) is 5.96 Å². The highest BCUT2D eigenvalue weighted by molar-refractivity contribution is 5.87. The van der Waals surface area contributed by atoms with Gasteiger partial charge in [0.1, 0.15) is 5.82 Å². The molecule has 2 heterocycles. The second-order valence-electron chi connectivity index (χ2n) is 7.71. The first kappa shape index (κ1) is 19.7. The number of aromatic nitrogens is 1. The van der Waals surface area contributed by atoms with Crippen LogP contribution in [0.15, 0.2) is 58.3 Å². The molecule has 1 fully saturated rings. The van der Waals surface area contributed by atoms with Gasteiger partial charge in [-0.1, -0.05) is 44.5 Å². The molecule has 6 heteroatoms. The number of hydrogen-bond acceptors (Lipinski definition) is 2. The number of benzene rings is 2. The number of hydrogen-bond donors (Lipinski definition) is 2. The molecule has 3 aromatic rings. The number of aliphatic imine (C=N–C) groups is 1. The van der Waals surface area contributed by atoms with Gasteiger partial charge in [-0.2, -0.15) is 4.99 Å². The lowest BCUT2D eigenvalue weighted by molar-refractivity contribution is 0.270. The molecule has 1 atom stereocenters. The lowest BCUT2D eigenvalue weighted by Gasteiger charge is -2.31. The third-order valence-electron chi connectivity index (χ3n) is 5.44. The molecule has 0 saturated carbocycles. The topological polar surface area (TPSA) is 60.5 Å².